The fourth-order valence-corrected chi connectivity index (χ4v) is 2.78. The highest BCUT2D eigenvalue weighted by atomic mass is 16.2. The zero-order valence-electron chi connectivity index (χ0n) is 16.1. The first kappa shape index (κ1) is 19.0. The summed E-state index contributed by atoms with van der Waals surface area (Å²) >= 11 is 0. The number of hydrogen-bond donors (Lipinski definition) is 3. The normalized spacial score (nSPS) is 13.7. The Bertz CT molecular complexity index is 818. The van der Waals surface area contributed by atoms with E-state index in [9.17, 15) is 9.59 Å². The Balaban J connectivity index is 1.62. The predicted molar refractivity (Wildman–Crippen MR) is 109 cm³/mol. The maximum absolute atomic E-state index is 12.4. The summed E-state index contributed by atoms with van der Waals surface area (Å²) in [5, 5.41) is 8.52. The Labute approximate surface area is 160 Å². The van der Waals surface area contributed by atoms with Gasteiger partial charge >= 0.3 is 6.03 Å². The number of amides is 3. The fraction of sp³-hybridized carbons (Fsp3) is 0.364. The minimum absolute atomic E-state index is 0.0631. The van der Waals surface area contributed by atoms with E-state index >= 15 is 0 Å². The molecule has 0 aliphatic heterocycles. The molecule has 0 unspecified atom stereocenters. The molecule has 0 radical (unpaired) electrons. The highest BCUT2D eigenvalue weighted by Gasteiger charge is 2.22. The molecule has 0 atom stereocenters. The van der Waals surface area contributed by atoms with Crippen LogP contribution in [0.3, 0.4) is 0 Å². The molecule has 2 aromatic carbocycles. The number of rotatable bonds is 5. The van der Waals surface area contributed by atoms with Crippen LogP contribution >= 0.6 is 0 Å². The average Bonchev–Trinajstić information content (AvgIpc) is 3.44. The molecule has 5 heteroatoms. The van der Waals surface area contributed by atoms with E-state index in [0.29, 0.717) is 29.4 Å². The Kier molecular flexibility index (Phi) is 5.49. The second kappa shape index (κ2) is 7.82. The van der Waals surface area contributed by atoms with Crippen LogP contribution < -0.4 is 16.0 Å². The largest absolute Gasteiger partial charge is 0.352 e. The molecular weight excluding hydrogens is 338 g/mol. The summed E-state index contributed by atoms with van der Waals surface area (Å²) < 4.78 is 0. The number of carbonyl (C=O) groups is 2. The zero-order chi connectivity index (χ0) is 19.4. The molecular formula is C22H27N3O2. The SMILES string of the molecule is CC(C)(C)c1ccc(NC(=O)Nc2ccccc2C(=O)NCC2CC2)cc1. The van der Waals surface area contributed by atoms with E-state index in [-0.39, 0.29) is 17.4 Å². The topological polar surface area (TPSA) is 70.2 Å². The number of benzene rings is 2. The molecule has 1 aliphatic rings. The monoisotopic (exact) mass is 365 g/mol. The molecule has 0 spiro atoms. The van der Waals surface area contributed by atoms with Gasteiger partial charge in [-0.15, -0.1) is 0 Å². The summed E-state index contributed by atoms with van der Waals surface area (Å²) in [7, 11) is 0. The maximum atomic E-state index is 12.4. The molecule has 142 valence electrons. The van der Waals surface area contributed by atoms with Gasteiger partial charge in [0, 0.05) is 12.2 Å². The molecule has 0 aromatic heterocycles. The number of urea groups is 1. The summed E-state index contributed by atoms with van der Waals surface area (Å²) in [6.45, 7) is 7.13. The minimum Gasteiger partial charge on any atom is -0.352 e. The van der Waals surface area contributed by atoms with Crippen molar-refractivity contribution in [2.45, 2.75) is 39.0 Å². The third-order valence-corrected chi connectivity index (χ3v) is 4.68. The van der Waals surface area contributed by atoms with Crippen LogP contribution in [0.25, 0.3) is 0 Å². The van der Waals surface area contributed by atoms with Gasteiger partial charge in [-0.1, -0.05) is 45.0 Å². The second-order valence-corrected chi connectivity index (χ2v) is 8.11. The zero-order valence-corrected chi connectivity index (χ0v) is 16.1. The van der Waals surface area contributed by atoms with E-state index in [1.54, 1.807) is 24.3 Å². The molecule has 3 N–H and O–H groups in total. The number of nitrogens with one attached hydrogen (secondary N) is 3. The molecule has 27 heavy (non-hydrogen) atoms. The van der Waals surface area contributed by atoms with E-state index in [1.807, 2.05) is 24.3 Å². The molecule has 1 aliphatic carbocycles. The third kappa shape index (κ3) is 5.33. The molecule has 3 rings (SSSR count). The molecule has 0 heterocycles. The van der Waals surface area contributed by atoms with Crippen molar-refractivity contribution in [3.8, 4) is 0 Å². The van der Waals surface area contributed by atoms with E-state index in [4.69, 9.17) is 0 Å². The van der Waals surface area contributed by atoms with Crippen molar-refractivity contribution in [3.63, 3.8) is 0 Å². The van der Waals surface area contributed by atoms with Crippen LogP contribution in [0.5, 0.6) is 0 Å². The van der Waals surface area contributed by atoms with Gasteiger partial charge in [0.2, 0.25) is 0 Å². The van der Waals surface area contributed by atoms with E-state index < -0.39 is 0 Å². The lowest BCUT2D eigenvalue weighted by molar-refractivity contribution is 0.0952. The molecule has 2 aromatic rings. The van der Waals surface area contributed by atoms with Gasteiger partial charge in [-0.05, 0) is 54.0 Å². The first-order valence-corrected chi connectivity index (χ1v) is 9.39. The summed E-state index contributed by atoms with van der Waals surface area (Å²) in [6, 6.07) is 14.4. The highest BCUT2D eigenvalue weighted by Crippen LogP contribution is 2.28. The fourth-order valence-electron chi connectivity index (χ4n) is 2.78. The van der Waals surface area contributed by atoms with Gasteiger partial charge in [0.1, 0.15) is 0 Å². The molecule has 1 fully saturated rings. The molecule has 5 nitrogen and oxygen atoms in total. The van der Waals surface area contributed by atoms with Crippen molar-refractivity contribution in [3.05, 3.63) is 59.7 Å². The Morgan fingerprint density at radius 3 is 2.26 bits per heavy atom. The van der Waals surface area contributed by atoms with Crippen LogP contribution in [0, 0.1) is 5.92 Å². The first-order chi connectivity index (χ1) is 12.8. The lowest BCUT2D eigenvalue weighted by atomic mass is 9.87. The smallest absolute Gasteiger partial charge is 0.323 e. The molecule has 3 amide bonds. The number of carbonyl (C=O) groups excluding carboxylic acids is 2. The van der Waals surface area contributed by atoms with Gasteiger partial charge in [-0.2, -0.15) is 0 Å². The van der Waals surface area contributed by atoms with Crippen LogP contribution in [0.4, 0.5) is 16.2 Å². The Hall–Kier alpha value is -2.82. The lowest BCUT2D eigenvalue weighted by Gasteiger charge is -2.19. The van der Waals surface area contributed by atoms with Crippen molar-refractivity contribution in [1.82, 2.24) is 5.32 Å². The Morgan fingerprint density at radius 1 is 0.963 bits per heavy atom. The third-order valence-electron chi connectivity index (χ3n) is 4.68. The molecule has 0 saturated heterocycles. The van der Waals surface area contributed by atoms with Crippen LogP contribution in [-0.2, 0) is 5.41 Å². The van der Waals surface area contributed by atoms with Crippen LogP contribution in [-0.4, -0.2) is 18.5 Å². The standard InChI is InChI=1S/C22H27N3O2/c1-22(2,3)16-10-12-17(13-11-16)24-21(27)25-19-7-5-4-6-18(19)20(26)23-14-15-8-9-15/h4-7,10-13,15H,8-9,14H2,1-3H3,(H,23,26)(H2,24,25,27). The van der Waals surface area contributed by atoms with Gasteiger partial charge in [-0.25, -0.2) is 4.79 Å². The summed E-state index contributed by atoms with van der Waals surface area (Å²) in [5.74, 6) is 0.445. The van der Waals surface area contributed by atoms with Gasteiger partial charge in [0.15, 0.2) is 0 Å². The number of hydrogen-bond acceptors (Lipinski definition) is 2. The highest BCUT2D eigenvalue weighted by molar-refractivity contribution is 6.06. The Morgan fingerprint density at radius 2 is 1.63 bits per heavy atom. The lowest BCUT2D eigenvalue weighted by Crippen LogP contribution is -2.28. The van der Waals surface area contributed by atoms with Crippen molar-refractivity contribution >= 4 is 23.3 Å². The number of para-hydroxylation sites is 1. The van der Waals surface area contributed by atoms with Crippen LogP contribution in [0.1, 0.15) is 49.5 Å². The predicted octanol–water partition coefficient (Wildman–Crippen LogP) is 4.77. The van der Waals surface area contributed by atoms with Crippen molar-refractivity contribution in [2.24, 2.45) is 5.92 Å². The molecule has 0 bridgehead atoms. The van der Waals surface area contributed by atoms with Gasteiger partial charge in [0.05, 0.1) is 11.3 Å². The van der Waals surface area contributed by atoms with Crippen molar-refractivity contribution in [2.75, 3.05) is 17.2 Å². The van der Waals surface area contributed by atoms with Crippen molar-refractivity contribution in [1.29, 1.82) is 0 Å². The second-order valence-electron chi connectivity index (χ2n) is 8.11. The summed E-state index contributed by atoms with van der Waals surface area (Å²) in [6.07, 6.45) is 2.35. The van der Waals surface area contributed by atoms with E-state index in [0.717, 1.165) is 0 Å². The first-order valence-electron chi connectivity index (χ1n) is 9.39. The summed E-state index contributed by atoms with van der Waals surface area (Å²) in [5.41, 5.74) is 2.93. The van der Waals surface area contributed by atoms with E-state index in [2.05, 4.69) is 36.7 Å². The van der Waals surface area contributed by atoms with Gasteiger partial charge < -0.3 is 16.0 Å². The van der Waals surface area contributed by atoms with Crippen LogP contribution in [0.2, 0.25) is 0 Å². The molecule has 1 saturated carbocycles. The van der Waals surface area contributed by atoms with E-state index in [1.165, 1.54) is 18.4 Å². The number of anilines is 2. The average molecular weight is 365 g/mol. The van der Waals surface area contributed by atoms with Gasteiger partial charge in [-0.3, -0.25) is 4.79 Å². The minimum atomic E-state index is -0.374. The van der Waals surface area contributed by atoms with Gasteiger partial charge in [0.25, 0.3) is 5.91 Å². The quantitative estimate of drug-likeness (QED) is 0.714. The summed E-state index contributed by atoms with van der Waals surface area (Å²) in [4.78, 5) is 24.7. The maximum Gasteiger partial charge on any atom is 0.323 e. The van der Waals surface area contributed by atoms with Crippen LogP contribution in [0.15, 0.2) is 48.5 Å². The van der Waals surface area contributed by atoms with Crippen molar-refractivity contribution < 1.29 is 9.59 Å².